The minimum absolute atomic E-state index is 0.289. The molecule has 2 rings (SSSR count). The van der Waals surface area contributed by atoms with Gasteiger partial charge in [0.1, 0.15) is 13.2 Å². The van der Waals surface area contributed by atoms with Crippen LogP contribution in [0.1, 0.15) is 13.8 Å². The highest BCUT2D eigenvalue weighted by molar-refractivity contribution is 5.39. The summed E-state index contributed by atoms with van der Waals surface area (Å²) in [5.74, 6) is 1.55. The molecule has 1 aliphatic rings. The molecule has 1 heterocycles. The Morgan fingerprint density at radius 3 is 2.43 bits per heavy atom. The van der Waals surface area contributed by atoms with Crippen molar-refractivity contribution in [1.29, 1.82) is 0 Å². The van der Waals surface area contributed by atoms with Gasteiger partial charge < -0.3 is 14.2 Å². The lowest BCUT2D eigenvalue weighted by molar-refractivity contribution is -0.0699. The SMILES string of the molecule is C=CCOc1ccccc1OCCN1CC(C)OC(C)C1. The monoisotopic (exact) mass is 291 g/mol. The van der Waals surface area contributed by atoms with Gasteiger partial charge in [-0.1, -0.05) is 24.8 Å². The topological polar surface area (TPSA) is 30.9 Å². The Kier molecular flexibility index (Phi) is 6.08. The molecule has 1 aromatic rings. The van der Waals surface area contributed by atoms with Gasteiger partial charge in [0.15, 0.2) is 11.5 Å². The quantitative estimate of drug-likeness (QED) is 0.723. The van der Waals surface area contributed by atoms with Crippen molar-refractivity contribution in [2.45, 2.75) is 26.1 Å². The lowest BCUT2D eigenvalue weighted by Gasteiger charge is -2.35. The van der Waals surface area contributed by atoms with Crippen molar-refractivity contribution >= 4 is 0 Å². The van der Waals surface area contributed by atoms with Crippen molar-refractivity contribution in [1.82, 2.24) is 4.90 Å². The number of hydrogen-bond acceptors (Lipinski definition) is 4. The molecule has 2 unspecified atom stereocenters. The van der Waals surface area contributed by atoms with Gasteiger partial charge in [-0.25, -0.2) is 0 Å². The van der Waals surface area contributed by atoms with Crippen molar-refractivity contribution in [3.8, 4) is 11.5 Å². The van der Waals surface area contributed by atoms with E-state index < -0.39 is 0 Å². The third-order valence-corrected chi connectivity index (χ3v) is 3.37. The molecule has 21 heavy (non-hydrogen) atoms. The summed E-state index contributed by atoms with van der Waals surface area (Å²) in [6.07, 6.45) is 2.31. The van der Waals surface area contributed by atoms with Gasteiger partial charge in [-0.15, -0.1) is 0 Å². The second-order valence-corrected chi connectivity index (χ2v) is 5.41. The molecule has 0 N–H and O–H groups in total. The highest BCUT2D eigenvalue weighted by Crippen LogP contribution is 2.26. The Balaban J connectivity index is 1.81. The molecule has 0 aliphatic carbocycles. The summed E-state index contributed by atoms with van der Waals surface area (Å²) >= 11 is 0. The molecule has 0 spiro atoms. The highest BCUT2D eigenvalue weighted by atomic mass is 16.5. The first-order valence-corrected chi connectivity index (χ1v) is 7.52. The number of morpholine rings is 1. The number of para-hydroxylation sites is 2. The highest BCUT2D eigenvalue weighted by Gasteiger charge is 2.21. The number of hydrogen-bond donors (Lipinski definition) is 0. The predicted molar refractivity (Wildman–Crippen MR) is 84.1 cm³/mol. The van der Waals surface area contributed by atoms with Crippen LogP contribution in [0.4, 0.5) is 0 Å². The lowest BCUT2D eigenvalue weighted by Crippen LogP contribution is -2.46. The molecule has 1 aliphatic heterocycles. The first-order valence-electron chi connectivity index (χ1n) is 7.52. The van der Waals surface area contributed by atoms with E-state index in [1.165, 1.54) is 0 Å². The summed E-state index contributed by atoms with van der Waals surface area (Å²) in [6.45, 7) is 11.8. The summed E-state index contributed by atoms with van der Waals surface area (Å²) in [4.78, 5) is 2.38. The molecule has 0 amide bonds. The summed E-state index contributed by atoms with van der Waals surface area (Å²) < 4.78 is 17.2. The molecule has 1 fully saturated rings. The van der Waals surface area contributed by atoms with E-state index in [1.807, 2.05) is 24.3 Å². The van der Waals surface area contributed by atoms with Gasteiger partial charge in [-0.2, -0.15) is 0 Å². The zero-order chi connectivity index (χ0) is 15.1. The van der Waals surface area contributed by atoms with Crippen molar-refractivity contribution in [3.63, 3.8) is 0 Å². The molecule has 1 aromatic carbocycles. The zero-order valence-electron chi connectivity index (χ0n) is 13.0. The fourth-order valence-corrected chi connectivity index (χ4v) is 2.59. The van der Waals surface area contributed by atoms with Gasteiger partial charge in [-0.3, -0.25) is 4.90 Å². The van der Waals surface area contributed by atoms with E-state index in [0.29, 0.717) is 13.2 Å². The summed E-state index contributed by atoms with van der Waals surface area (Å²) in [6, 6.07) is 7.74. The fraction of sp³-hybridized carbons (Fsp3) is 0.529. The molecule has 0 bridgehead atoms. The largest absolute Gasteiger partial charge is 0.488 e. The van der Waals surface area contributed by atoms with Gasteiger partial charge in [0.25, 0.3) is 0 Å². The molecule has 116 valence electrons. The van der Waals surface area contributed by atoms with Crippen LogP contribution in [0.25, 0.3) is 0 Å². The van der Waals surface area contributed by atoms with Gasteiger partial charge >= 0.3 is 0 Å². The van der Waals surface area contributed by atoms with Crippen LogP contribution in [0, 0.1) is 0 Å². The van der Waals surface area contributed by atoms with Crippen LogP contribution >= 0.6 is 0 Å². The van der Waals surface area contributed by atoms with Gasteiger partial charge in [0.2, 0.25) is 0 Å². The van der Waals surface area contributed by atoms with E-state index in [1.54, 1.807) is 6.08 Å². The van der Waals surface area contributed by atoms with Crippen LogP contribution in [-0.4, -0.2) is 50.0 Å². The average Bonchev–Trinajstić information content (AvgIpc) is 2.45. The predicted octanol–water partition coefficient (Wildman–Crippen LogP) is 2.74. The minimum atomic E-state index is 0.289. The maximum Gasteiger partial charge on any atom is 0.161 e. The lowest BCUT2D eigenvalue weighted by atomic mass is 10.2. The van der Waals surface area contributed by atoms with E-state index in [2.05, 4.69) is 25.3 Å². The Hall–Kier alpha value is -1.52. The van der Waals surface area contributed by atoms with E-state index in [4.69, 9.17) is 14.2 Å². The third kappa shape index (κ3) is 5.06. The third-order valence-electron chi connectivity index (χ3n) is 3.37. The Morgan fingerprint density at radius 2 is 1.81 bits per heavy atom. The maximum absolute atomic E-state index is 5.87. The number of rotatable bonds is 7. The first kappa shape index (κ1) is 15.9. The van der Waals surface area contributed by atoms with Crippen LogP contribution in [0.2, 0.25) is 0 Å². The Morgan fingerprint density at radius 1 is 1.19 bits per heavy atom. The second kappa shape index (κ2) is 8.05. The van der Waals surface area contributed by atoms with E-state index in [0.717, 1.165) is 31.1 Å². The standard InChI is InChI=1S/C17H25NO3/c1-4-10-19-16-7-5-6-8-17(16)20-11-9-18-12-14(2)21-15(3)13-18/h4-8,14-15H,1,9-13H2,2-3H3. The van der Waals surface area contributed by atoms with Crippen LogP contribution < -0.4 is 9.47 Å². The molecule has 2 atom stereocenters. The molecule has 0 aromatic heterocycles. The summed E-state index contributed by atoms with van der Waals surface area (Å²) in [7, 11) is 0. The van der Waals surface area contributed by atoms with Crippen molar-refractivity contribution in [3.05, 3.63) is 36.9 Å². The minimum Gasteiger partial charge on any atom is -0.488 e. The molecule has 4 heteroatoms. The summed E-state index contributed by atoms with van der Waals surface area (Å²) in [5, 5.41) is 0. The Bertz CT molecular complexity index is 439. The van der Waals surface area contributed by atoms with Crippen LogP contribution in [0.15, 0.2) is 36.9 Å². The van der Waals surface area contributed by atoms with E-state index >= 15 is 0 Å². The molecule has 0 saturated carbocycles. The summed E-state index contributed by atoms with van der Waals surface area (Å²) in [5.41, 5.74) is 0. The van der Waals surface area contributed by atoms with Crippen LogP contribution in [0.5, 0.6) is 11.5 Å². The van der Waals surface area contributed by atoms with Gasteiger partial charge in [0.05, 0.1) is 12.2 Å². The van der Waals surface area contributed by atoms with E-state index in [9.17, 15) is 0 Å². The Labute approximate surface area is 127 Å². The first-order chi connectivity index (χ1) is 10.2. The molecular formula is C17H25NO3. The van der Waals surface area contributed by atoms with Crippen molar-refractivity contribution in [2.24, 2.45) is 0 Å². The molecule has 4 nitrogen and oxygen atoms in total. The van der Waals surface area contributed by atoms with E-state index in [-0.39, 0.29) is 12.2 Å². The second-order valence-electron chi connectivity index (χ2n) is 5.41. The smallest absolute Gasteiger partial charge is 0.161 e. The molecular weight excluding hydrogens is 266 g/mol. The fourth-order valence-electron chi connectivity index (χ4n) is 2.59. The van der Waals surface area contributed by atoms with Crippen LogP contribution in [-0.2, 0) is 4.74 Å². The number of nitrogens with zero attached hydrogens (tertiary/aromatic N) is 1. The van der Waals surface area contributed by atoms with Crippen LogP contribution in [0.3, 0.4) is 0 Å². The van der Waals surface area contributed by atoms with Gasteiger partial charge in [0, 0.05) is 19.6 Å². The zero-order valence-corrected chi connectivity index (χ0v) is 13.0. The van der Waals surface area contributed by atoms with Crippen molar-refractivity contribution < 1.29 is 14.2 Å². The number of ether oxygens (including phenoxy) is 3. The maximum atomic E-state index is 5.87. The molecule has 0 radical (unpaired) electrons. The number of benzene rings is 1. The normalized spacial score (nSPS) is 22.8. The average molecular weight is 291 g/mol. The van der Waals surface area contributed by atoms with Crippen molar-refractivity contribution in [2.75, 3.05) is 32.8 Å². The van der Waals surface area contributed by atoms with Gasteiger partial charge in [-0.05, 0) is 26.0 Å². The molecule has 1 saturated heterocycles.